The van der Waals surface area contributed by atoms with E-state index in [1.54, 1.807) is 6.07 Å². The molecule has 0 bridgehead atoms. The first-order valence-corrected chi connectivity index (χ1v) is 7.80. The van der Waals surface area contributed by atoms with Crippen LogP contribution >= 0.6 is 0 Å². The number of aryl methyl sites for hydroxylation is 1. The van der Waals surface area contributed by atoms with E-state index in [1.807, 2.05) is 31.2 Å². The minimum absolute atomic E-state index is 0.00350. The number of hydrogen-bond donors (Lipinski definition) is 2. The second-order valence-corrected chi connectivity index (χ2v) is 6.07. The molecule has 1 aromatic carbocycles. The number of pyridine rings is 1. The number of hydrogen-bond acceptors (Lipinski definition) is 4. The number of sulfonamides is 1. The van der Waals surface area contributed by atoms with E-state index < -0.39 is 10.0 Å². The number of anilines is 1. The van der Waals surface area contributed by atoms with Crippen LogP contribution in [-0.2, 0) is 23.0 Å². The van der Waals surface area contributed by atoms with Crippen LogP contribution < -0.4 is 10.5 Å². The van der Waals surface area contributed by atoms with Crippen molar-refractivity contribution in [3.63, 3.8) is 0 Å². The van der Waals surface area contributed by atoms with Crippen LogP contribution in [-0.4, -0.2) is 13.4 Å². The highest BCUT2D eigenvalue weighted by Crippen LogP contribution is 2.16. The van der Waals surface area contributed by atoms with Crippen molar-refractivity contribution in [1.29, 1.82) is 0 Å². The van der Waals surface area contributed by atoms with E-state index in [1.165, 1.54) is 12.3 Å². The Kier molecular flexibility index (Phi) is 4.36. The van der Waals surface area contributed by atoms with Crippen LogP contribution in [0.15, 0.2) is 47.5 Å². The van der Waals surface area contributed by atoms with Crippen molar-refractivity contribution in [3.8, 4) is 0 Å². The van der Waals surface area contributed by atoms with Gasteiger partial charge in [0.25, 0.3) is 0 Å². The largest absolute Gasteiger partial charge is 0.383 e. The second kappa shape index (κ2) is 6.02. The summed E-state index contributed by atoms with van der Waals surface area (Å²) in [5.41, 5.74) is 7.68. The minimum atomic E-state index is -3.65. The summed E-state index contributed by atoms with van der Waals surface area (Å²) in [7, 11) is -3.65. The van der Waals surface area contributed by atoms with Gasteiger partial charge in [0.2, 0.25) is 10.0 Å². The van der Waals surface area contributed by atoms with Crippen molar-refractivity contribution >= 4 is 15.8 Å². The van der Waals surface area contributed by atoms with E-state index in [0.29, 0.717) is 0 Å². The second-order valence-electron chi connectivity index (χ2n) is 4.33. The fourth-order valence-electron chi connectivity index (χ4n) is 1.96. The molecular formula is C14H17N3O2S. The number of nitrogens with zero attached hydrogens (tertiary/aromatic N) is 1. The van der Waals surface area contributed by atoms with E-state index in [-0.39, 0.29) is 17.3 Å². The molecule has 6 heteroatoms. The normalized spacial score (nSPS) is 11.4. The maximum Gasteiger partial charge on any atom is 0.244 e. The van der Waals surface area contributed by atoms with Crippen molar-refractivity contribution in [2.75, 3.05) is 5.73 Å². The quantitative estimate of drug-likeness (QED) is 0.878. The molecule has 0 saturated heterocycles. The molecule has 1 aromatic heterocycles. The monoisotopic (exact) mass is 291 g/mol. The van der Waals surface area contributed by atoms with Crippen LogP contribution in [0, 0.1) is 0 Å². The van der Waals surface area contributed by atoms with Crippen molar-refractivity contribution in [3.05, 3.63) is 53.7 Å². The molecule has 2 rings (SSSR count). The molecule has 0 atom stereocenters. The van der Waals surface area contributed by atoms with Gasteiger partial charge >= 0.3 is 0 Å². The van der Waals surface area contributed by atoms with Crippen LogP contribution in [0.5, 0.6) is 0 Å². The zero-order valence-corrected chi connectivity index (χ0v) is 12.0. The van der Waals surface area contributed by atoms with Gasteiger partial charge in [-0.25, -0.2) is 18.1 Å². The Morgan fingerprint density at radius 2 is 1.85 bits per heavy atom. The van der Waals surface area contributed by atoms with Gasteiger partial charge < -0.3 is 5.73 Å². The summed E-state index contributed by atoms with van der Waals surface area (Å²) in [4.78, 5) is 3.80. The molecule has 0 unspecified atom stereocenters. The van der Waals surface area contributed by atoms with E-state index in [0.717, 1.165) is 17.5 Å². The lowest BCUT2D eigenvalue weighted by Crippen LogP contribution is -2.25. The van der Waals surface area contributed by atoms with Crippen LogP contribution in [0.3, 0.4) is 0 Å². The Labute approximate surface area is 118 Å². The van der Waals surface area contributed by atoms with Gasteiger partial charge in [0, 0.05) is 12.7 Å². The van der Waals surface area contributed by atoms with Crippen LogP contribution in [0.2, 0.25) is 0 Å². The third-order valence-electron chi connectivity index (χ3n) is 3.04. The molecule has 1 heterocycles. The molecular weight excluding hydrogens is 274 g/mol. The maximum atomic E-state index is 12.2. The number of rotatable bonds is 5. The molecule has 2 aromatic rings. The van der Waals surface area contributed by atoms with Gasteiger partial charge in [-0.15, -0.1) is 0 Å². The highest BCUT2D eigenvalue weighted by atomic mass is 32.2. The standard InChI is InChI=1S/C14H17N3O2S/c1-2-11-6-3-4-7-12(11)10-17-20(18,19)13-8-5-9-16-14(13)15/h3-9,17H,2,10H2,1H3,(H2,15,16). The topological polar surface area (TPSA) is 85.1 Å². The summed E-state index contributed by atoms with van der Waals surface area (Å²) >= 11 is 0. The van der Waals surface area contributed by atoms with Gasteiger partial charge in [0.05, 0.1) is 0 Å². The Hall–Kier alpha value is -1.92. The summed E-state index contributed by atoms with van der Waals surface area (Å²) in [5, 5.41) is 0. The Morgan fingerprint density at radius 1 is 1.15 bits per heavy atom. The van der Waals surface area contributed by atoms with Crippen molar-refractivity contribution in [2.24, 2.45) is 0 Å². The predicted octanol–water partition coefficient (Wildman–Crippen LogP) is 1.70. The van der Waals surface area contributed by atoms with E-state index in [9.17, 15) is 8.42 Å². The summed E-state index contributed by atoms with van der Waals surface area (Å²) in [6.07, 6.45) is 2.31. The summed E-state index contributed by atoms with van der Waals surface area (Å²) in [6.45, 7) is 2.27. The fourth-order valence-corrected chi connectivity index (χ4v) is 3.04. The molecule has 0 aliphatic heterocycles. The predicted molar refractivity (Wildman–Crippen MR) is 78.5 cm³/mol. The summed E-state index contributed by atoms with van der Waals surface area (Å²) in [6, 6.07) is 10.7. The first-order valence-electron chi connectivity index (χ1n) is 6.31. The van der Waals surface area contributed by atoms with Crippen LogP contribution in [0.1, 0.15) is 18.1 Å². The smallest absolute Gasteiger partial charge is 0.244 e. The highest BCUT2D eigenvalue weighted by molar-refractivity contribution is 7.89. The Morgan fingerprint density at radius 3 is 2.50 bits per heavy atom. The molecule has 0 fully saturated rings. The molecule has 0 saturated carbocycles. The average molecular weight is 291 g/mol. The van der Waals surface area contributed by atoms with Crippen LogP contribution in [0.4, 0.5) is 5.82 Å². The number of nitrogen functional groups attached to an aromatic ring is 1. The first kappa shape index (κ1) is 14.5. The highest BCUT2D eigenvalue weighted by Gasteiger charge is 2.17. The van der Waals surface area contributed by atoms with E-state index in [4.69, 9.17) is 5.73 Å². The van der Waals surface area contributed by atoms with Crippen molar-refractivity contribution in [1.82, 2.24) is 9.71 Å². The molecule has 5 nitrogen and oxygen atoms in total. The molecule has 0 radical (unpaired) electrons. The van der Waals surface area contributed by atoms with Gasteiger partial charge in [0.1, 0.15) is 10.7 Å². The number of aromatic nitrogens is 1. The Bertz CT molecular complexity index is 699. The zero-order chi connectivity index (χ0) is 14.6. The molecule has 0 spiro atoms. The number of nitrogens with one attached hydrogen (secondary N) is 1. The first-order chi connectivity index (χ1) is 9.54. The van der Waals surface area contributed by atoms with Crippen molar-refractivity contribution < 1.29 is 8.42 Å². The number of nitrogens with two attached hydrogens (primary N) is 1. The minimum Gasteiger partial charge on any atom is -0.383 e. The van der Waals surface area contributed by atoms with E-state index >= 15 is 0 Å². The maximum absolute atomic E-state index is 12.2. The SMILES string of the molecule is CCc1ccccc1CNS(=O)(=O)c1cccnc1N. The van der Waals surface area contributed by atoms with Crippen molar-refractivity contribution in [2.45, 2.75) is 24.8 Å². The van der Waals surface area contributed by atoms with Crippen LogP contribution in [0.25, 0.3) is 0 Å². The van der Waals surface area contributed by atoms with Gasteiger partial charge in [0.15, 0.2) is 0 Å². The summed E-state index contributed by atoms with van der Waals surface area (Å²) in [5.74, 6) is 0.00350. The Balaban J connectivity index is 2.20. The average Bonchev–Trinajstić information content (AvgIpc) is 2.46. The molecule has 0 aliphatic carbocycles. The van der Waals surface area contributed by atoms with Gasteiger partial charge in [-0.2, -0.15) is 0 Å². The fraction of sp³-hybridized carbons (Fsp3) is 0.214. The lowest BCUT2D eigenvalue weighted by atomic mass is 10.1. The van der Waals surface area contributed by atoms with E-state index in [2.05, 4.69) is 9.71 Å². The van der Waals surface area contributed by atoms with Gasteiger partial charge in [-0.05, 0) is 29.7 Å². The van der Waals surface area contributed by atoms with Gasteiger partial charge in [-0.1, -0.05) is 31.2 Å². The lowest BCUT2D eigenvalue weighted by Gasteiger charge is -2.10. The summed E-state index contributed by atoms with van der Waals surface area (Å²) < 4.78 is 26.9. The lowest BCUT2D eigenvalue weighted by molar-refractivity contribution is 0.581. The zero-order valence-electron chi connectivity index (χ0n) is 11.2. The third-order valence-corrected chi connectivity index (χ3v) is 4.49. The third kappa shape index (κ3) is 3.15. The molecule has 106 valence electrons. The number of benzene rings is 1. The molecule has 20 heavy (non-hydrogen) atoms. The molecule has 0 amide bonds. The molecule has 3 N–H and O–H groups in total. The molecule has 0 aliphatic rings. The van der Waals surface area contributed by atoms with Gasteiger partial charge in [-0.3, -0.25) is 0 Å².